The van der Waals surface area contributed by atoms with Gasteiger partial charge in [-0.3, -0.25) is 0 Å². The number of nitrogens with zero attached hydrogens (tertiary/aromatic N) is 1. The fraction of sp³-hybridized carbons (Fsp3) is 0.600. The Morgan fingerprint density at radius 3 is 2.79 bits per heavy atom. The number of likely N-dealkylation sites (N-methyl/N-ethyl adjacent to an activating group) is 1. The molecule has 0 spiro atoms. The lowest BCUT2D eigenvalue weighted by Gasteiger charge is -2.20. The minimum Gasteiger partial charge on any atom is -0.389 e. The molecule has 0 amide bonds. The Morgan fingerprint density at radius 1 is 1.37 bits per heavy atom. The lowest BCUT2D eigenvalue weighted by atomic mass is 10.2. The van der Waals surface area contributed by atoms with Gasteiger partial charge < -0.3 is 14.7 Å². The Hall–Kier alpha value is -0.970. The van der Waals surface area contributed by atoms with Crippen LogP contribution in [-0.4, -0.2) is 42.9 Å². The lowest BCUT2D eigenvalue weighted by Crippen LogP contribution is -2.32. The van der Waals surface area contributed by atoms with Crippen molar-refractivity contribution in [1.82, 2.24) is 4.90 Å². The minimum absolute atomic E-state index is 0.197. The largest absolute Gasteiger partial charge is 0.389 e. The predicted molar refractivity (Wildman–Crippen MR) is 74.5 cm³/mol. The molecule has 108 valence electrons. The molecule has 4 heteroatoms. The Labute approximate surface area is 115 Å². The molecule has 0 bridgehead atoms. The van der Waals surface area contributed by atoms with E-state index in [0.29, 0.717) is 12.1 Å². The van der Waals surface area contributed by atoms with Crippen molar-refractivity contribution in [3.05, 3.63) is 35.6 Å². The average Bonchev–Trinajstić information content (AvgIpc) is 2.38. The number of hydrogen-bond donors (Lipinski definition) is 1. The zero-order valence-corrected chi connectivity index (χ0v) is 11.8. The van der Waals surface area contributed by atoms with E-state index in [0.717, 1.165) is 19.4 Å². The molecule has 0 heterocycles. The molecule has 1 rings (SSSR count). The standard InChI is InChI=1S/C15H24FNO2/c1-3-4-9-17(2)10-14(18)12-19-11-13-7-5-6-8-15(13)16/h5-8,14,18H,3-4,9-12H2,1-2H3/t14-/m0/s1. The molecule has 1 atom stereocenters. The number of benzene rings is 1. The molecule has 0 aromatic heterocycles. The van der Waals surface area contributed by atoms with Crippen LogP contribution < -0.4 is 0 Å². The third-order valence-electron chi connectivity index (χ3n) is 2.94. The summed E-state index contributed by atoms with van der Waals surface area (Å²) in [6.45, 7) is 4.12. The van der Waals surface area contributed by atoms with E-state index in [2.05, 4.69) is 11.8 Å². The van der Waals surface area contributed by atoms with Crippen LogP contribution in [0.15, 0.2) is 24.3 Å². The number of hydrogen-bond acceptors (Lipinski definition) is 3. The Kier molecular flexibility index (Phi) is 7.63. The van der Waals surface area contributed by atoms with Crippen LogP contribution in [0.2, 0.25) is 0 Å². The Bertz CT molecular complexity index is 360. The van der Waals surface area contributed by atoms with Crippen LogP contribution in [-0.2, 0) is 11.3 Å². The topological polar surface area (TPSA) is 32.7 Å². The molecule has 1 aromatic rings. The van der Waals surface area contributed by atoms with Gasteiger partial charge >= 0.3 is 0 Å². The molecule has 19 heavy (non-hydrogen) atoms. The van der Waals surface area contributed by atoms with Gasteiger partial charge in [0.1, 0.15) is 5.82 Å². The second-order valence-electron chi connectivity index (χ2n) is 4.88. The Morgan fingerprint density at radius 2 is 2.11 bits per heavy atom. The second-order valence-corrected chi connectivity index (χ2v) is 4.88. The minimum atomic E-state index is -0.534. The summed E-state index contributed by atoms with van der Waals surface area (Å²) in [5.41, 5.74) is 0.522. The van der Waals surface area contributed by atoms with Gasteiger partial charge in [0, 0.05) is 12.1 Å². The molecule has 0 fully saturated rings. The Balaban J connectivity index is 2.20. The maximum absolute atomic E-state index is 13.3. The molecule has 0 radical (unpaired) electrons. The quantitative estimate of drug-likeness (QED) is 0.747. The summed E-state index contributed by atoms with van der Waals surface area (Å²) in [6.07, 6.45) is 1.73. The van der Waals surface area contributed by atoms with Gasteiger partial charge in [0.05, 0.1) is 19.3 Å². The first-order valence-corrected chi connectivity index (χ1v) is 6.81. The van der Waals surface area contributed by atoms with E-state index in [4.69, 9.17) is 4.74 Å². The molecular formula is C15H24FNO2. The van der Waals surface area contributed by atoms with E-state index in [1.165, 1.54) is 6.07 Å². The van der Waals surface area contributed by atoms with Gasteiger partial charge in [-0.15, -0.1) is 0 Å². The van der Waals surface area contributed by atoms with Crippen LogP contribution in [0, 0.1) is 5.82 Å². The van der Waals surface area contributed by atoms with Crippen LogP contribution >= 0.6 is 0 Å². The van der Waals surface area contributed by atoms with Crippen LogP contribution in [0.25, 0.3) is 0 Å². The maximum Gasteiger partial charge on any atom is 0.128 e. The van der Waals surface area contributed by atoms with Crippen LogP contribution in [0.4, 0.5) is 4.39 Å². The second kappa shape index (κ2) is 9.02. The molecule has 1 N–H and O–H groups in total. The van der Waals surface area contributed by atoms with Crippen molar-refractivity contribution in [2.45, 2.75) is 32.5 Å². The number of aliphatic hydroxyl groups is 1. The average molecular weight is 269 g/mol. The number of halogens is 1. The molecule has 0 aliphatic rings. The molecule has 0 unspecified atom stereocenters. The SMILES string of the molecule is CCCCN(C)C[C@H](O)COCc1ccccc1F. The summed E-state index contributed by atoms with van der Waals surface area (Å²) in [4.78, 5) is 2.08. The normalized spacial score (nSPS) is 12.9. The molecule has 0 saturated heterocycles. The molecule has 3 nitrogen and oxygen atoms in total. The fourth-order valence-corrected chi connectivity index (χ4v) is 1.85. The third kappa shape index (κ3) is 6.66. The molecule has 0 aliphatic carbocycles. The summed E-state index contributed by atoms with van der Waals surface area (Å²) in [5.74, 6) is -0.267. The monoisotopic (exact) mass is 269 g/mol. The van der Waals surface area contributed by atoms with Crippen LogP contribution in [0.3, 0.4) is 0 Å². The van der Waals surface area contributed by atoms with Crippen molar-refractivity contribution in [2.75, 3.05) is 26.7 Å². The highest BCUT2D eigenvalue weighted by Crippen LogP contribution is 2.07. The van der Waals surface area contributed by atoms with Gasteiger partial charge in [-0.1, -0.05) is 31.5 Å². The highest BCUT2D eigenvalue weighted by Gasteiger charge is 2.09. The van der Waals surface area contributed by atoms with E-state index in [-0.39, 0.29) is 19.0 Å². The van der Waals surface area contributed by atoms with Crippen molar-refractivity contribution in [1.29, 1.82) is 0 Å². The predicted octanol–water partition coefficient (Wildman–Crippen LogP) is 2.44. The lowest BCUT2D eigenvalue weighted by molar-refractivity contribution is 0.0128. The van der Waals surface area contributed by atoms with Gasteiger partial charge in [-0.05, 0) is 26.1 Å². The summed E-state index contributed by atoms with van der Waals surface area (Å²) < 4.78 is 18.7. The van der Waals surface area contributed by atoms with Crippen molar-refractivity contribution in [2.24, 2.45) is 0 Å². The van der Waals surface area contributed by atoms with Crippen molar-refractivity contribution in [3.8, 4) is 0 Å². The molecule has 0 saturated carbocycles. The number of rotatable bonds is 9. The number of aliphatic hydroxyl groups excluding tert-OH is 1. The van der Waals surface area contributed by atoms with E-state index < -0.39 is 6.10 Å². The zero-order valence-electron chi connectivity index (χ0n) is 11.8. The first-order valence-electron chi connectivity index (χ1n) is 6.81. The summed E-state index contributed by atoms with van der Waals surface area (Å²) in [5, 5.41) is 9.81. The first kappa shape index (κ1) is 16.1. The zero-order chi connectivity index (χ0) is 14.1. The number of unbranched alkanes of at least 4 members (excludes halogenated alkanes) is 1. The summed E-state index contributed by atoms with van der Waals surface area (Å²) in [6, 6.07) is 6.52. The smallest absolute Gasteiger partial charge is 0.128 e. The summed E-state index contributed by atoms with van der Waals surface area (Å²) >= 11 is 0. The highest BCUT2D eigenvalue weighted by molar-refractivity contribution is 5.16. The van der Waals surface area contributed by atoms with Crippen molar-refractivity contribution in [3.63, 3.8) is 0 Å². The molecule has 0 aliphatic heterocycles. The van der Waals surface area contributed by atoms with Gasteiger partial charge in [-0.25, -0.2) is 4.39 Å². The van der Waals surface area contributed by atoms with Gasteiger partial charge in [-0.2, -0.15) is 0 Å². The molecule has 1 aromatic carbocycles. The summed E-state index contributed by atoms with van der Waals surface area (Å²) in [7, 11) is 1.98. The van der Waals surface area contributed by atoms with Crippen LogP contribution in [0.5, 0.6) is 0 Å². The number of ether oxygens (including phenoxy) is 1. The maximum atomic E-state index is 13.3. The molecular weight excluding hydrogens is 245 g/mol. The van der Waals surface area contributed by atoms with Crippen LogP contribution in [0.1, 0.15) is 25.3 Å². The van der Waals surface area contributed by atoms with E-state index in [1.807, 2.05) is 7.05 Å². The fourth-order valence-electron chi connectivity index (χ4n) is 1.85. The van der Waals surface area contributed by atoms with E-state index in [9.17, 15) is 9.50 Å². The van der Waals surface area contributed by atoms with E-state index in [1.54, 1.807) is 18.2 Å². The van der Waals surface area contributed by atoms with Crippen molar-refractivity contribution >= 4 is 0 Å². The van der Waals surface area contributed by atoms with Gasteiger partial charge in [0.25, 0.3) is 0 Å². The third-order valence-corrected chi connectivity index (χ3v) is 2.94. The highest BCUT2D eigenvalue weighted by atomic mass is 19.1. The van der Waals surface area contributed by atoms with Gasteiger partial charge in [0.15, 0.2) is 0 Å². The van der Waals surface area contributed by atoms with Crippen molar-refractivity contribution < 1.29 is 14.2 Å². The first-order chi connectivity index (χ1) is 9.13. The van der Waals surface area contributed by atoms with E-state index >= 15 is 0 Å². The van der Waals surface area contributed by atoms with Gasteiger partial charge in [0.2, 0.25) is 0 Å².